The molecule has 0 bridgehead atoms. The maximum absolute atomic E-state index is 10.4. The van der Waals surface area contributed by atoms with Crippen molar-refractivity contribution in [2.45, 2.75) is 6.92 Å². The first kappa shape index (κ1) is 8.45. The molecule has 0 N–H and O–H groups in total. The molecule has 0 unspecified atom stereocenters. The largest absolute Gasteiger partial charge is 0.495 e. The van der Waals surface area contributed by atoms with Gasteiger partial charge in [0.15, 0.2) is 0 Å². The molecule has 0 spiro atoms. The van der Waals surface area contributed by atoms with Crippen molar-refractivity contribution in [3.8, 4) is 5.75 Å². The minimum atomic E-state index is -0.481. The second-order valence-corrected chi connectivity index (χ2v) is 2.24. The van der Waals surface area contributed by atoms with E-state index in [9.17, 15) is 10.1 Å². The number of aromatic nitrogens is 1. The molecule has 1 heterocycles. The molecule has 12 heavy (non-hydrogen) atoms. The zero-order valence-electron chi connectivity index (χ0n) is 6.77. The van der Waals surface area contributed by atoms with Gasteiger partial charge < -0.3 is 4.74 Å². The summed E-state index contributed by atoms with van der Waals surface area (Å²) >= 11 is 0. The molecule has 5 nitrogen and oxygen atoms in total. The minimum absolute atomic E-state index is 0.0191. The number of nitro groups is 1. The summed E-state index contributed by atoms with van der Waals surface area (Å²) in [6.07, 6.45) is 2.65. The monoisotopic (exact) mass is 168 g/mol. The average Bonchev–Trinajstić information content (AvgIpc) is 2.04. The molecule has 0 radical (unpaired) electrons. The van der Waals surface area contributed by atoms with E-state index < -0.39 is 4.92 Å². The molecule has 0 aliphatic heterocycles. The van der Waals surface area contributed by atoms with Crippen molar-refractivity contribution < 1.29 is 9.66 Å². The lowest BCUT2D eigenvalue weighted by molar-refractivity contribution is -0.385. The third-order valence-corrected chi connectivity index (χ3v) is 1.56. The van der Waals surface area contributed by atoms with Gasteiger partial charge in [0.25, 0.3) is 5.69 Å². The van der Waals surface area contributed by atoms with Crippen LogP contribution in [0.5, 0.6) is 5.75 Å². The Morgan fingerprint density at radius 3 is 2.75 bits per heavy atom. The predicted octanol–water partition coefficient (Wildman–Crippen LogP) is 1.31. The summed E-state index contributed by atoms with van der Waals surface area (Å²) in [6, 6.07) is 0. The van der Waals surface area contributed by atoms with Gasteiger partial charge in [0.2, 0.25) is 0 Å². The van der Waals surface area contributed by atoms with Gasteiger partial charge in [-0.1, -0.05) is 0 Å². The molecule has 1 rings (SSSR count). The highest BCUT2D eigenvalue weighted by Crippen LogP contribution is 2.24. The Morgan fingerprint density at radius 1 is 1.58 bits per heavy atom. The smallest absolute Gasteiger partial charge is 0.294 e. The Hall–Kier alpha value is -1.65. The second-order valence-electron chi connectivity index (χ2n) is 2.24. The molecule has 0 aliphatic rings. The number of ether oxygens (including phenoxy) is 1. The van der Waals surface area contributed by atoms with E-state index in [1.54, 1.807) is 6.92 Å². The van der Waals surface area contributed by atoms with E-state index in [1.165, 1.54) is 19.5 Å². The van der Waals surface area contributed by atoms with Crippen molar-refractivity contribution in [2.75, 3.05) is 7.11 Å². The van der Waals surface area contributed by atoms with Crippen molar-refractivity contribution in [2.24, 2.45) is 0 Å². The van der Waals surface area contributed by atoms with Crippen LogP contribution in [0.25, 0.3) is 0 Å². The van der Waals surface area contributed by atoms with E-state index in [-0.39, 0.29) is 5.69 Å². The van der Waals surface area contributed by atoms with Crippen LogP contribution in [0.2, 0.25) is 0 Å². The molecule has 0 fully saturated rings. The van der Waals surface area contributed by atoms with Crippen LogP contribution in [-0.2, 0) is 0 Å². The van der Waals surface area contributed by atoms with E-state index in [0.717, 1.165) is 0 Å². The fraction of sp³-hybridized carbons (Fsp3) is 0.286. The lowest BCUT2D eigenvalue weighted by Crippen LogP contribution is -1.95. The van der Waals surface area contributed by atoms with Gasteiger partial charge in [-0.2, -0.15) is 0 Å². The van der Waals surface area contributed by atoms with Gasteiger partial charge in [-0.05, 0) is 6.92 Å². The van der Waals surface area contributed by atoms with Gasteiger partial charge in [0, 0.05) is 0 Å². The summed E-state index contributed by atoms with van der Waals surface area (Å²) in [5, 5.41) is 10.4. The van der Waals surface area contributed by atoms with E-state index in [2.05, 4.69) is 4.98 Å². The SMILES string of the molecule is COc1cncc([N+](=O)[O-])c1C. The maximum Gasteiger partial charge on any atom is 0.294 e. The molecule has 0 saturated carbocycles. The highest BCUT2D eigenvalue weighted by molar-refractivity contribution is 5.45. The van der Waals surface area contributed by atoms with Crippen LogP contribution in [0.1, 0.15) is 5.56 Å². The second kappa shape index (κ2) is 3.17. The summed E-state index contributed by atoms with van der Waals surface area (Å²) in [5.74, 6) is 0.434. The highest BCUT2D eigenvalue weighted by Gasteiger charge is 2.13. The number of rotatable bonds is 2. The van der Waals surface area contributed by atoms with Crippen molar-refractivity contribution in [3.63, 3.8) is 0 Å². The topological polar surface area (TPSA) is 65.3 Å². The Balaban J connectivity index is 3.23. The van der Waals surface area contributed by atoms with E-state index in [4.69, 9.17) is 4.74 Å². The molecule has 0 atom stereocenters. The van der Waals surface area contributed by atoms with Crippen LogP contribution in [0.15, 0.2) is 12.4 Å². The zero-order valence-corrected chi connectivity index (χ0v) is 6.77. The van der Waals surface area contributed by atoms with Crippen molar-refractivity contribution in [3.05, 3.63) is 28.1 Å². The molecule has 5 heteroatoms. The van der Waals surface area contributed by atoms with Gasteiger partial charge in [0.1, 0.15) is 11.9 Å². The van der Waals surface area contributed by atoms with Crippen molar-refractivity contribution in [1.29, 1.82) is 0 Å². The van der Waals surface area contributed by atoms with Crippen LogP contribution in [0.4, 0.5) is 5.69 Å². The fourth-order valence-electron chi connectivity index (χ4n) is 0.885. The Kier molecular flexibility index (Phi) is 2.23. The summed E-state index contributed by atoms with van der Waals surface area (Å²) in [7, 11) is 1.45. The van der Waals surface area contributed by atoms with E-state index in [1.807, 2.05) is 0 Å². The molecule has 0 aliphatic carbocycles. The maximum atomic E-state index is 10.4. The van der Waals surface area contributed by atoms with E-state index in [0.29, 0.717) is 11.3 Å². The summed E-state index contributed by atoms with van der Waals surface area (Å²) in [6.45, 7) is 1.62. The van der Waals surface area contributed by atoms with Crippen LogP contribution < -0.4 is 4.74 Å². The zero-order chi connectivity index (χ0) is 9.14. The first-order chi connectivity index (χ1) is 5.66. The lowest BCUT2D eigenvalue weighted by Gasteiger charge is -2.02. The average molecular weight is 168 g/mol. The molecule has 64 valence electrons. The molecule has 1 aromatic rings. The summed E-state index contributed by atoms with van der Waals surface area (Å²) in [5.41, 5.74) is 0.479. The molecular formula is C7H8N2O3. The predicted molar refractivity (Wildman–Crippen MR) is 42.2 cm³/mol. The first-order valence-corrected chi connectivity index (χ1v) is 3.29. The summed E-state index contributed by atoms with van der Waals surface area (Å²) in [4.78, 5) is 13.6. The quantitative estimate of drug-likeness (QED) is 0.493. The molecule has 0 saturated heterocycles. The van der Waals surface area contributed by atoms with Crippen LogP contribution in [0, 0.1) is 17.0 Å². The van der Waals surface area contributed by atoms with Gasteiger partial charge in [-0.3, -0.25) is 15.1 Å². The molecule has 0 aromatic carbocycles. The standard InChI is InChI=1S/C7H8N2O3/c1-5-6(9(10)11)3-8-4-7(5)12-2/h3-4H,1-2H3. The fourth-order valence-corrected chi connectivity index (χ4v) is 0.885. The van der Waals surface area contributed by atoms with Gasteiger partial charge in [-0.15, -0.1) is 0 Å². The Labute approximate surface area is 69.1 Å². The number of hydrogen-bond donors (Lipinski definition) is 0. The molecule has 1 aromatic heterocycles. The number of pyridine rings is 1. The third kappa shape index (κ3) is 1.34. The van der Waals surface area contributed by atoms with Crippen LogP contribution in [0.3, 0.4) is 0 Å². The van der Waals surface area contributed by atoms with Gasteiger partial charge in [-0.25, -0.2) is 0 Å². The first-order valence-electron chi connectivity index (χ1n) is 3.29. The van der Waals surface area contributed by atoms with E-state index >= 15 is 0 Å². The summed E-state index contributed by atoms with van der Waals surface area (Å²) < 4.78 is 4.87. The third-order valence-electron chi connectivity index (χ3n) is 1.56. The number of methoxy groups -OCH3 is 1. The van der Waals surface area contributed by atoms with Crippen molar-refractivity contribution >= 4 is 5.69 Å². The Bertz CT molecular complexity index is 312. The van der Waals surface area contributed by atoms with Gasteiger partial charge in [0.05, 0.1) is 23.8 Å². The molecular weight excluding hydrogens is 160 g/mol. The van der Waals surface area contributed by atoms with Crippen molar-refractivity contribution in [1.82, 2.24) is 4.98 Å². The van der Waals surface area contributed by atoms with Gasteiger partial charge >= 0.3 is 0 Å². The van der Waals surface area contributed by atoms with Crippen LogP contribution in [-0.4, -0.2) is 17.0 Å². The Morgan fingerprint density at radius 2 is 2.25 bits per heavy atom. The number of nitrogens with zero attached hydrogens (tertiary/aromatic N) is 2. The highest BCUT2D eigenvalue weighted by atomic mass is 16.6. The lowest BCUT2D eigenvalue weighted by atomic mass is 10.2. The number of hydrogen-bond acceptors (Lipinski definition) is 4. The normalized spacial score (nSPS) is 9.50. The molecule has 0 amide bonds. The minimum Gasteiger partial charge on any atom is -0.495 e. The van der Waals surface area contributed by atoms with Crippen LogP contribution >= 0.6 is 0 Å².